The second-order valence-electron chi connectivity index (χ2n) is 5.59. The van der Waals surface area contributed by atoms with Crippen LogP contribution in [0.25, 0.3) is 0 Å². The minimum Gasteiger partial charge on any atom is -0.370 e. The molecule has 4 N–H and O–H groups in total. The molecule has 2 saturated heterocycles. The molecule has 2 fully saturated rings. The molecule has 1 unspecified atom stereocenters. The zero-order chi connectivity index (χ0) is 12.3. The Balaban J connectivity index is 1.75. The van der Waals surface area contributed by atoms with E-state index in [1.165, 1.54) is 12.8 Å². The molecule has 0 saturated carbocycles. The molecule has 0 aromatic rings. The Labute approximate surface area is 103 Å². The number of likely N-dealkylation sites (tertiary alicyclic amines) is 1. The van der Waals surface area contributed by atoms with E-state index in [1.807, 2.05) is 5.01 Å². The largest absolute Gasteiger partial charge is 0.370 e. The van der Waals surface area contributed by atoms with E-state index in [0.717, 1.165) is 39.1 Å². The zero-order valence-corrected chi connectivity index (χ0v) is 10.5. The van der Waals surface area contributed by atoms with Crippen LogP contribution in [0.5, 0.6) is 0 Å². The van der Waals surface area contributed by atoms with E-state index in [0.29, 0.717) is 18.3 Å². The van der Waals surface area contributed by atoms with E-state index >= 15 is 0 Å². The standard InChI is InChI=1S/C12H24N4O/c13-12(17)6-10-2-1-4-15(7-10)8-11-3-5-16(14)9-11/h10-11H,1-9,14H2,(H2,13,17)/t10-,11?/m1/s1. The van der Waals surface area contributed by atoms with Crippen molar-refractivity contribution in [3.63, 3.8) is 0 Å². The van der Waals surface area contributed by atoms with Gasteiger partial charge in [0, 0.05) is 32.6 Å². The molecule has 17 heavy (non-hydrogen) atoms. The summed E-state index contributed by atoms with van der Waals surface area (Å²) >= 11 is 0. The molecule has 2 aliphatic heterocycles. The Kier molecular flexibility index (Phi) is 4.36. The molecule has 2 atom stereocenters. The van der Waals surface area contributed by atoms with Gasteiger partial charge in [-0.3, -0.25) is 10.6 Å². The van der Waals surface area contributed by atoms with Gasteiger partial charge in [0.1, 0.15) is 0 Å². The molecule has 0 aromatic heterocycles. The molecule has 1 amide bonds. The van der Waals surface area contributed by atoms with E-state index in [-0.39, 0.29) is 5.91 Å². The first-order chi connectivity index (χ1) is 8.13. The van der Waals surface area contributed by atoms with Gasteiger partial charge in [0.2, 0.25) is 5.91 Å². The number of piperidine rings is 1. The van der Waals surface area contributed by atoms with Crippen molar-refractivity contribution in [1.82, 2.24) is 9.91 Å². The van der Waals surface area contributed by atoms with Crippen LogP contribution in [-0.4, -0.2) is 48.5 Å². The Morgan fingerprint density at radius 1 is 1.18 bits per heavy atom. The molecule has 0 aromatic carbocycles. The number of rotatable bonds is 4. The van der Waals surface area contributed by atoms with Gasteiger partial charge in [0.05, 0.1) is 0 Å². The maximum atomic E-state index is 10.9. The van der Waals surface area contributed by atoms with Crippen LogP contribution in [0, 0.1) is 11.8 Å². The number of primary amides is 1. The summed E-state index contributed by atoms with van der Waals surface area (Å²) in [4.78, 5) is 13.4. The van der Waals surface area contributed by atoms with Gasteiger partial charge in [-0.25, -0.2) is 5.01 Å². The lowest BCUT2D eigenvalue weighted by molar-refractivity contribution is -0.119. The van der Waals surface area contributed by atoms with Gasteiger partial charge in [-0.15, -0.1) is 0 Å². The summed E-state index contributed by atoms with van der Waals surface area (Å²) in [6.45, 7) is 5.35. The Morgan fingerprint density at radius 3 is 2.65 bits per heavy atom. The molecule has 98 valence electrons. The summed E-state index contributed by atoms with van der Waals surface area (Å²) in [5, 5.41) is 1.91. The van der Waals surface area contributed by atoms with Crippen LogP contribution in [-0.2, 0) is 4.79 Å². The first-order valence-electron chi connectivity index (χ1n) is 6.64. The number of nitrogens with two attached hydrogens (primary N) is 2. The summed E-state index contributed by atoms with van der Waals surface area (Å²) in [5.41, 5.74) is 5.27. The van der Waals surface area contributed by atoms with E-state index in [4.69, 9.17) is 11.6 Å². The number of amides is 1. The van der Waals surface area contributed by atoms with Crippen molar-refractivity contribution in [1.29, 1.82) is 0 Å². The normalized spacial score (nSPS) is 31.8. The van der Waals surface area contributed by atoms with E-state index < -0.39 is 0 Å². The third kappa shape index (κ3) is 3.94. The molecule has 0 bridgehead atoms. The number of nitrogens with zero attached hydrogens (tertiary/aromatic N) is 2. The highest BCUT2D eigenvalue weighted by atomic mass is 16.1. The number of hydrogen-bond acceptors (Lipinski definition) is 4. The van der Waals surface area contributed by atoms with Gasteiger partial charge >= 0.3 is 0 Å². The van der Waals surface area contributed by atoms with Gasteiger partial charge < -0.3 is 10.6 Å². The van der Waals surface area contributed by atoms with Gasteiger partial charge in [-0.2, -0.15) is 0 Å². The number of hydrazine groups is 1. The average molecular weight is 240 g/mol. The topological polar surface area (TPSA) is 75.6 Å². The van der Waals surface area contributed by atoms with Crippen LogP contribution in [0.4, 0.5) is 0 Å². The van der Waals surface area contributed by atoms with Gasteiger partial charge in [-0.05, 0) is 37.6 Å². The lowest BCUT2D eigenvalue weighted by Crippen LogP contribution is -2.40. The molecule has 5 heteroatoms. The van der Waals surface area contributed by atoms with Crippen LogP contribution in [0.15, 0.2) is 0 Å². The van der Waals surface area contributed by atoms with Crippen molar-refractivity contribution in [2.24, 2.45) is 23.4 Å². The fourth-order valence-corrected chi connectivity index (χ4v) is 3.15. The molecular weight excluding hydrogens is 216 g/mol. The monoisotopic (exact) mass is 240 g/mol. The highest BCUT2D eigenvalue weighted by Crippen LogP contribution is 2.22. The Bertz CT molecular complexity index is 271. The molecule has 2 aliphatic rings. The van der Waals surface area contributed by atoms with Crippen LogP contribution in [0.3, 0.4) is 0 Å². The van der Waals surface area contributed by atoms with Crippen LogP contribution < -0.4 is 11.6 Å². The molecular formula is C12H24N4O. The predicted octanol–water partition coefficient (Wildman–Crippen LogP) is -0.231. The van der Waals surface area contributed by atoms with Crippen LogP contribution in [0.1, 0.15) is 25.7 Å². The first-order valence-corrected chi connectivity index (χ1v) is 6.64. The van der Waals surface area contributed by atoms with Crippen molar-refractivity contribution in [2.45, 2.75) is 25.7 Å². The Morgan fingerprint density at radius 2 is 2.00 bits per heavy atom. The lowest BCUT2D eigenvalue weighted by Gasteiger charge is -2.33. The minimum atomic E-state index is -0.161. The predicted molar refractivity (Wildman–Crippen MR) is 66.8 cm³/mol. The summed E-state index contributed by atoms with van der Waals surface area (Å²) in [6, 6.07) is 0. The van der Waals surface area contributed by atoms with Gasteiger partial charge in [0.15, 0.2) is 0 Å². The second-order valence-corrected chi connectivity index (χ2v) is 5.59. The highest BCUT2D eigenvalue weighted by Gasteiger charge is 2.26. The summed E-state index contributed by atoms with van der Waals surface area (Å²) in [5.74, 6) is 6.79. The van der Waals surface area contributed by atoms with Crippen LogP contribution >= 0.6 is 0 Å². The SMILES string of the molecule is NC(=O)C[C@H]1CCCN(CC2CCN(N)C2)C1. The van der Waals surface area contributed by atoms with Crippen molar-refractivity contribution in [2.75, 3.05) is 32.7 Å². The van der Waals surface area contributed by atoms with E-state index in [9.17, 15) is 4.79 Å². The maximum Gasteiger partial charge on any atom is 0.217 e. The van der Waals surface area contributed by atoms with Crippen LogP contribution in [0.2, 0.25) is 0 Å². The highest BCUT2D eigenvalue weighted by molar-refractivity contribution is 5.74. The summed E-state index contributed by atoms with van der Waals surface area (Å²) in [7, 11) is 0. The first kappa shape index (κ1) is 12.8. The number of carbonyl (C=O) groups excluding carboxylic acids is 1. The second kappa shape index (κ2) is 5.80. The minimum absolute atomic E-state index is 0.161. The quantitative estimate of drug-likeness (QED) is 0.666. The fourth-order valence-electron chi connectivity index (χ4n) is 3.15. The number of hydrogen-bond donors (Lipinski definition) is 2. The molecule has 0 spiro atoms. The molecule has 0 radical (unpaired) electrons. The molecule has 0 aliphatic carbocycles. The zero-order valence-electron chi connectivity index (χ0n) is 10.5. The smallest absolute Gasteiger partial charge is 0.217 e. The molecule has 2 heterocycles. The third-order valence-electron chi connectivity index (χ3n) is 3.93. The van der Waals surface area contributed by atoms with Crippen molar-refractivity contribution < 1.29 is 4.79 Å². The maximum absolute atomic E-state index is 10.9. The summed E-state index contributed by atoms with van der Waals surface area (Å²) in [6.07, 6.45) is 4.09. The fraction of sp³-hybridized carbons (Fsp3) is 0.917. The van der Waals surface area contributed by atoms with Gasteiger partial charge in [-0.1, -0.05) is 0 Å². The van der Waals surface area contributed by atoms with Crippen molar-refractivity contribution >= 4 is 5.91 Å². The Hall–Kier alpha value is -0.650. The summed E-state index contributed by atoms with van der Waals surface area (Å²) < 4.78 is 0. The lowest BCUT2D eigenvalue weighted by atomic mass is 9.93. The molecule has 2 rings (SSSR count). The van der Waals surface area contributed by atoms with Crippen molar-refractivity contribution in [3.05, 3.63) is 0 Å². The van der Waals surface area contributed by atoms with Crippen molar-refractivity contribution in [3.8, 4) is 0 Å². The average Bonchev–Trinajstić information content (AvgIpc) is 2.63. The number of carbonyl (C=O) groups is 1. The van der Waals surface area contributed by atoms with Gasteiger partial charge in [0.25, 0.3) is 0 Å². The van der Waals surface area contributed by atoms with E-state index in [2.05, 4.69) is 4.90 Å². The van der Waals surface area contributed by atoms with E-state index in [1.54, 1.807) is 0 Å². The third-order valence-corrected chi connectivity index (χ3v) is 3.93. The molecule has 5 nitrogen and oxygen atoms in total.